The van der Waals surface area contributed by atoms with Gasteiger partial charge < -0.3 is 15.4 Å². The van der Waals surface area contributed by atoms with Gasteiger partial charge in [0, 0.05) is 25.4 Å². The van der Waals surface area contributed by atoms with Crippen LogP contribution in [0.15, 0.2) is 24.3 Å². The minimum atomic E-state index is 0.376. The van der Waals surface area contributed by atoms with E-state index in [9.17, 15) is 0 Å². The van der Waals surface area contributed by atoms with Crippen LogP contribution in [-0.4, -0.2) is 32.3 Å². The molecule has 2 N–H and O–H groups in total. The summed E-state index contributed by atoms with van der Waals surface area (Å²) in [4.78, 5) is 2.35. The van der Waals surface area contributed by atoms with E-state index < -0.39 is 0 Å². The highest BCUT2D eigenvalue weighted by Gasteiger charge is 2.19. The summed E-state index contributed by atoms with van der Waals surface area (Å²) in [6, 6.07) is 9.94. The maximum atomic E-state index is 8.79. The molecule has 1 fully saturated rings. The molecule has 19 heavy (non-hydrogen) atoms. The van der Waals surface area contributed by atoms with E-state index in [1.807, 2.05) is 24.3 Å². The summed E-state index contributed by atoms with van der Waals surface area (Å²) in [5, 5.41) is 8.79. The Labute approximate surface area is 114 Å². The molecule has 1 saturated heterocycles. The van der Waals surface area contributed by atoms with Gasteiger partial charge in [-0.25, -0.2) is 0 Å². The van der Waals surface area contributed by atoms with Crippen LogP contribution >= 0.6 is 0 Å². The second-order valence-electron chi connectivity index (χ2n) is 4.86. The second kappa shape index (κ2) is 7.13. The number of benzene rings is 1. The molecule has 1 aromatic carbocycles. The third-order valence-corrected chi connectivity index (χ3v) is 3.51. The number of ether oxygens (including phenoxy) is 1. The van der Waals surface area contributed by atoms with Crippen LogP contribution in [0.3, 0.4) is 0 Å². The van der Waals surface area contributed by atoms with Crippen molar-refractivity contribution in [3.05, 3.63) is 29.8 Å². The molecule has 0 saturated carbocycles. The fraction of sp³-hybridized carbons (Fsp3) is 0.533. The van der Waals surface area contributed by atoms with E-state index in [-0.39, 0.29) is 0 Å². The minimum Gasteiger partial charge on any atom is -0.378 e. The van der Waals surface area contributed by atoms with Crippen LogP contribution in [-0.2, 0) is 4.74 Å². The molecule has 0 unspecified atom stereocenters. The Morgan fingerprint density at radius 2 is 1.95 bits per heavy atom. The van der Waals surface area contributed by atoms with Gasteiger partial charge >= 0.3 is 0 Å². The molecular weight excluding hydrogens is 238 g/mol. The van der Waals surface area contributed by atoms with Crippen molar-refractivity contribution in [2.24, 2.45) is 5.73 Å². The normalized spacial score (nSPS) is 16.3. The molecule has 0 bridgehead atoms. The van der Waals surface area contributed by atoms with E-state index in [0.717, 1.165) is 39.0 Å². The molecule has 1 aliphatic heterocycles. The maximum absolute atomic E-state index is 8.79. The Balaban J connectivity index is 1.80. The van der Waals surface area contributed by atoms with Crippen LogP contribution < -0.4 is 10.6 Å². The number of piperidine rings is 1. The van der Waals surface area contributed by atoms with Crippen LogP contribution in [0, 0.1) is 11.3 Å². The third kappa shape index (κ3) is 3.95. The van der Waals surface area contributed by atoms with Gasteiger partial charge in [0.1, 0.15) is 0 Å². The molecule has 0 amide bonds. The summed E-state index contributed by atoms with van der Waals surface area (Å²) in [5.74, 6) is 0. The van der Waals surface area contributed by atoms with Crippen molar-refractivity contribution in [1.29, 1.82) is 5.26 Å². The van der Waals surface area contributed by atoms with Crippen LogP contribution in [0.1, 0.15) is 24.8 Å². The van der Waals surface area contributed by atoms with Crippen LogP contribution in [0.2, 0.25) is 0 Å². The lowest BCUT2D eigenvalue weighted by molar-refractivity contribution is 0.0366. The highest BCUT2D eigenvalue weighted by atomic mass is 16.5. The van der Waals surface area contributed by atoms with Crippen molar-refractivity contribution in [2.75, 3.05) is 31.1 Å². The first-order chi connectivity index (χ1) is 9.33. The van der Waals surface area contributed by atoms with Gasteiger partial charge in [-0.2, -0.15) is 5.26 Å². The van der Waals surface area contributed by atoms with Gasteiger partial charge in [0.15, 0.2) is 0 Å². The first kappa shape index (κ1) is 13.9. The van der Waals surface area contributed by atoms with Crippen LogP contribution in [0.5, 0.6) is 0 Å². The van der Waals surface area contributed by atoms with E-state index in [4.69, 9.17) is 15.7 Å². The van der Waals surface area contributed by atoms with Gasteiger partial charge in [-0.15, -0.1) is 0 Å². The quantitative estimate of drug-likeness (QED) is 0.820. The highest BCUT2D eigenvalue weighted by molar-refractivity contribution is 5.49. The van der Waals surface area contributed by atoms with E-state index in [1.165, 1.54) is 5.69 Å². The first-order valence-electron chi connectivity index (χ1n) is 6.90. The van der Waals surface area contributed by atoms with Gasteiger partial charge in [0.05, 0.1) is 17.7 Å². The minimum absolute atomic E-state index is 0.376. The fourth-order valence-corrected chi connectivity index (χ4v) is 2.36. The first-order valence-corrected chi connectivity index (χ1v) is 6.90. The smallest absolute Gasteiger partial charge is 0.0991 e. The van der Waals surface area contributed by atoms with Crippen molar-refractivity contribution in [1.82, 2.24) is 0 Å². The lowest BCUT2D eigenvalue weighted by atomic mass is 10.1. The molecule has 0 atom stereocenters. The van der Waals surface area contributed by atoms with Gasteiger partial charge in [-0.05, 0) is 50.1 Å². The van der Waals surface area contributed by atoms with E-state index in [1.54, 1.807) is 0 Å². The zero-order valence-electron chi connectivity index (χ0n) is 11.2. The van der Waals surface area contributed by atoms with Crippen LogP contribution in [0.4, 0.5) is 5.69 Å². The molecule has 0 aliphatic carbocycles. The van der Waals surface area contributed by atoms with Gasteiger partial charge in [0.25, 0.3) is 0 Å². The Morgan fingerprint density at radius 3 is 2.53 bits per heavy atom. The average molecular weight is 259 g/mol. The number of nitriles is 1. The van der Waals surface area contributed by atoms with E-state index >= 15 is 0 Å². The number of nitrogens with two attached hydrogens (primary N) is 1. The monoisotopic (exact) mass is 259 g/mol. The average Bonchev–Trinajstić information content (AvgIpc) is 2.48. The molecule has 1 aliphatic rings. The molecule has 102 valence electrons. The van der Waals surface area contributed by atoms with Gasteiger partial charge in [0.2, 0.25) is 0 Å². The summed E-state index contributed by atoms with van der Waals surface area (Å²) < 4.78 is 5.79. The molecular formula is C15H21N3O. The van der Waals surface area contributed by atoms with E-state index in [0.29, 0.717) is 18.2 Å². The summed E-state index contributed by atoms with van der Waals surface area (Å²) >= 11 is 0. The second-order valence-corrected chi connectivity index (χ2v) is 4.86. The zero-order chi connectivity index (χ0) is 13.5. The summed E-state index contributed by atoms with van der Waals surface area (Å²) in [6.07, 6.45) is 3.44. The number of rotatable bonds is 5. The predicted octanol–water partition coefficient (Wildman–Crippen LogP) is 1.89. The topological polar surface area (TPSA) is 62.3 Å². The predicted molar refractivity (Wildman–Crippen MR) is 76.0 cm³/mol. The van der Waals surface area contributed by atoms with Crippen LogP contribution in [0.25, 0.3) is 0 Å². The zero-order valence-corrected chi connectivity index (χ0v) is 11.2. The largest absolute Gasteiger partial charge is 0.378 e. The summed E-state index contributed by atoms with van der Waals surface area (Å²) in [5.41, 5.74) is 7.36. The molecule has 0 aromatic heterocycles. The number of hydrogen-bond acceptors (Lipinski definition) is 4. The lowest BCUT2D eigenvalue weighted by Crippen LogP contribution is -2.37. The molecule has 4 nitrogen and oxygen atoms in total. The summed E-state index contributed by atoms with van der Waals surface area (Å²) in [6.45, 7) is 3.50. The molecule has 2 rings (SSSR count). The van der Waals surface area contributed by atoms with E-state index in [2.05, 4.69) is 11.0 Å². The molecule has 0 spiro atoms. The molecule has 1 heterocycles. The van der Waals surface area contributed by atoms with Gasteiger partial charge in [-0.3, -0.25) is 0 Å². The van der Waals surface area contributed by atoms with Crippen molar-refractivity contribution in [2.45, 2.75) is 25.4 Å². The Hall–Kier alpha value is -1.57. The molecule has 0 radical (unpaired) electrons. The van der Waals surface area contributed by atoms with Crippen molar-refractivity contribution in [3.63, 3.8) is 0 Å². The number of hydrogen-bond donors (Lipinski definition) is 1. The Kier molecular flexibility index (Phi) is 5.20. The van der Waals surface area contributed by atoms with Crippen molar-refractivity contribution < 1.29 is 4.74 Å². The number of nitrogens with zero attached hydrogens (tertiary/aromatic N) is 2. The maximum Gasteiger partial charge on any atom is 0.0991 e. The number of anilines is 1. The Bertz CT molecular complexity index is 416. The standard InChI is InChI=1S/C15H21N3O/c16-8-1-11-19-15-6-9-18(10-7-15)14-4-2-13(12-17)3-5-14/h2-5,15H,1,6-11,16H2. The molecule has 1 aromatic rings. The highest BCUT2D eigenvalue weighted by Crippen LogP contribution is 2.21. The van der Waals surface area contributed by atoms with Crippen molar-refractivity contribution in [3.8, 4) is 6.07 Å². The molecule has 4 heteroatoms. The van der Waals surface area contributed by atoms with Crippen molar-refractivity contribution >= 4 is 5.69 Å². The fourth-order valence-electron chi connectivity index (χ4n) is 2.36. The van der Waals surface area contributed by atoms with Gasteiger partial charge in [-0.1, -0.05) is 0 Å². The summed E-state index contributed by atoms with van der Waals surface area (Å²) in [7, 11) is 0. The third-order valence-electron chi connectivity index (χ3n) is 3.51. The Morgan fingerprint density at radius 1 is 1.26 bits per heavy atom. The SMILES string of the molecule is N#Cc1ccc(N2CCC(OCCCN)CC2)cc1. The lowest BCUT2D eigenvalue weighted by Gasteiger charge is -2.33.